The number of hydrogen-bond donors (Lipinski definition) is 0. The molecule has 4 fully saturated rings. The SMILES string of the molecule is CC(Oc1cccnc1[N+](=O)[O-])C(=O)C12CC3CC(CC(C3)C1)C2. The Morgan fingerprint density at radius 3 is 2.42 bits per heavy atom. The van der Waals surface area contributed by atoms with E-state index in [1.807, 2.05) is 0 Å². The van der Waals surface area contributed by atoms with Crippen molar-refractivity contribution in [3.8, 4) is 5.75 Å². The lowest BCUT2D eigenvalue weighted by atomic mass is 9.48. The summed E-state index contributed by atoms with van der Waals surface area (Å²) in [7, 11) is 0. The largest absolute Gasteiger partial charge is 0.475 e. The zero-order valence-corrected chi connectivity index (χ0v) is 13.8. The summed E-state index contributed by atoms with van der Waals surface area (Å²) in [5.74, 6) is 1.91. The molecule has 1 heterocycles. The Morgan fingerprint density at radius 2 is 1.88 bits per heavy atom. The Kier molecular flexibility index (Phi) is 3.58. The molecule has 1 aromatic rings. The van der Waals surface area contributed by atoms with Crippen LogP contribution in [0.25, 0.3) is 0 Å². The van der Waals surface area contributed by atoms with Crippen LogP contribution in [-0.4, -0.2) is 21.8 Å². The van der Waals surface area contributed by atoms with Crippen molar-refractivity contribution in [3.05, 3.63) is 28.4 Å². The summed E-state index contributed by atoms with van der Waals surface area (Å²) in [6.45, 7) is 1.72. The Bertz CT molecular complexity index is 652. The van der Waals surface area contributed by atoms with Crippen molar-refractivity contribution in [1.82, 2.24) is 4.98 Å². The van der Waals surface area contributed by atoms with Gasteiger partial charge in [0, 0.05) is 5.41 Å². The van der Waals surface area contributed by atoms with E-state index in [2.05, 4.69) is 4.98 Å². The minimum absolute atomic E-state index is 0.0769. The van der Waals surface area contributed by atoms with Gasteiger partial charge >= 0.3 is 5.82 Å². The number of ether oxygens (including phenoxy) is 1. The van der Waals surface area contributed by atoms with Gasteiger partial charge in [-0.05, 0) is 85.2 Å². The van der Waals surface area contributed by atoms with Crippen molar-refractivity contribution in [2.24, 2.45) is 23.2 Å². The number of rotatable bonds is 5. The summed E-state index contributed by atoms with van der Waals surface area (Å²) < 4.78 is 5.70. The van der Waals surface area contributed by atoms with E-state index in [1.54, 1.807) is 13.0 Å². The minimum Gasteiger partial charge on any atom is -0.475 e. The number of nitro groups is 1. The van der Waals surface area contributed by atoms with Crippen LogP contribution in [0, 0.1) is 33.3 Å². The van der Waals surface area contributed by atoms with E-state index in [4.69, 9.17) is 4.74 Å². The van der Waals surface area contributed by atoms with E-state index in [0.29, 0.717) is 17.8 Å². The normalized spacial score (nSPS) is 34.8. The molecule has 0 N–H and O–H groups in total. The first-order valence-corrected chi connectivity index (χ1v) is 8.77. The topological polar surface area (TPSA) is 82.3 Å². The Balaban J connectivity index is 1.54. The van der Waals surface area contributed by atoms with Crippen LogP contribution in [-0.2, 0) is 4.79 Å². The molecule has 128 valence electrons. The number of nitrogens with zero attached hydrogens (tertiary/aromatic N) is 2. The molecule has 4 aliphatic rings. The molecule has 24 heavy (non-hydrogen) atoms. The number of aromatic nitrogens is 1. The van der Waals surface area contributed by atoms with Gasteiger partial charge in [-0.3, -0.25) is 4.79 Å². The molecule has 5 rings (SSSR count). The molecular formula is C18H22N2O4. The molecule has 0 spiro atoms. The maximum atomic E-state index is 13.2. The maximum absolute atomic E-state index is 13.2. The molecule has 4 bridgehead atoms. The van der Waals surface area contributed by atoms with E-state index < -0.39 is 11.0 Å². The predicted molar refractivity (Wildman–Crippen MR) is 86.6 cm³/mol. The van der Waals surface area contributed by atoms with Gasteiger partial charge in [0.15, 0.2) is 11.9 Å². The molecular weight excluding hydrogens is 308 g/mol. The van der Waals surface area contributed by atoms with Crippen molar-refractivity contribution in [2.75, 3.05) is 0 Å². The number of Topliss-reactive ketones (excluding diaryl/α,β-unsaturated/α-hetero) is 1. The number of hydrogen-bond acceptors (Lipinski definition) is 5. The highest BCUT2D eigenvalue weighted by Gasteiger charge is 2.55. The van der Waals surface area contributed by atoms with Crippen LogP contribution in [0.5, 0.6) is 5.75 Å². The zero-order chi connectivity index (χ0) is 16.9. The monoisotopic (exact) mass is 330 g/mol. The lowest BCUT2D eigenvalue weighted by Crippen LogP contribution is -2.53. The molecule has 1 atom stereocenters. The third-order valence-electron chi connectivity index (χ3n) is 6.16. The number of ketones is 1. The quantitative estimate of drug-likeness (QED) is 0.609. The Labute approximate surface area is 140 Å². The maximum Gasteiger partial charge on any atom is 0.406 e. The first kappa shape index (κ1) is 15.5. The zero-order valence-electron chi connectivity index (χ0n) is 13.8. The molecule has 0 saturated heterocycles. The van der Waals surface area contributed by atoms with Crippen molar-refractivity contribution in [2.45, 2.75) is 51.6 Å². The van der Waals surface area contributed by atoms with Gasteiger partial charge in [-0.25, -0.2) is 0 Å². The number of carbonyl (C=O) groups is 1. The van der Waals surface area contributed by atoms with Crippen LogP contribution < -0.4 is 4.74 Å². The van der Waals surface area contributed by atoms with Crippen LogP contribution in [0.15, 0.2) is 18.3 Å². The summed E-state index contributed by atoms with van der Waals surface area (Å²) in [5, 5.41) is 11.1. The standard InChI is InChI=1S/C18H22N2O4/c1-11(24-15-3-2-4-19-17(15)20(22)23)16(21)18-8-12-5-13(9-18)7-14(6-12)10-18/h2-4,11-14H,5-10H2,1H3. The Hall–Kier alpha value is -1.98. The summed E-state index contributed by atoms with van der Waals surface area (Å²) in [6.07, 6.45) is 7.42. The van der Waals surface area contributed by atoms with Crippen molar-refractivity contribution < 1.29 is 14.5 Å². The summed E-state index contributed by atoms with van der Waals surface area (Å²) >= 11 is 0. The van der Waals surface area contributed by atoms with Crippen molar-refractivity contribution in [3.63, 3.8) is 0 Å². The molecule has 0 amide bonds. The summed E-state index contributed by atoms with van der Waals surface area (Å²) in [6, 6.07) is 3.10. The van der Waals surface area contributed by atoms with Crippen LogP contribution in [0.3, 0.4) is 0 Å². The number of carbonyl (C=O) groups excluding carboxylic acids is 1. The first-order chi connectivity index (χ1) is 11.5. The second-order valence-corrected chi connectivity index (χ2v) is 7.90. The fraction of sp³-hybridized carbons (Fsp3) is 0.667. The fourth-order valence-corrected chi connectivity index (χ4v) is 5.70. The van der Waals surface area contributed by atoms with Crippen molar-refractivity contribution >= 4 is 11.6 Å². The third-order valence-corrected chi connectivity index (χ3v) is 6.16. The van der Waals surface area contributed by atoms with E-state index >= 15 is 0 Å². The molecule has 4 aliphatic carbocycles. The molecule has 0 aliphatic heterocycles. The molecule has 1 aromatic heterocycles. The smallest absolute Gasteiger partial charge is 0.406 e. The lowest BCUT2D eigenvalue weighted by molar-refractivity contribution is -0.390. The second-order valence-electron chi connectivity index (χ2n) is 7.90. The molecule has 6 nitrogen and oxygen atoms in total. The average Bonchev–Trinajstić information content (AvgIpc) is 2.53. The van der Waals surface area contributed by atoms with Gasteiger partial charge in [0.25, 0.3) is 0 Å². The molecule has 1 unspecified atom stereocenters. The van der Waals surface area contributed by atoms with Gasteiger partial charge in [-0.1, -0.05) is 0 Å². The molecule has 0 aromatic carbocycles. The van der Waals surface area contributed by atoms with Crippen LogP contribution in [0.4, 0.5) is 5.82 Å². The van der Waals surface area contributed by atoms with Gasteiger partial charge in [0.2, 0.25) is 5.75 Å². The molecule has 4 saturated carbocycles. The van der Waals surface area contributed by atoms with Crippen LogP contribution >= 0.6 is 0 Å². The highest BCUT2D eigenvalue weighted by atomic mass is 16.6. The highest BCUT2D eigenvalue weighted by Crippen LogP contribution is 2.60. The predicted octanol–water partition coefficient (Wildman–Crippen LogP) is 3.54. The minimum atomic E-state index is -0.677. The van der Waals surface area contributed by atoms with E-state index in [0.717, 1.165) is 19.3 Å². The first-order valence-electron chi connectivity index (χ1n) is 8.77. The van der Waals surface area contributed by atoms with E-state index in [1.165, 1.54) is 31.5 Å². The number of pyridine rings is 1. The van der Waals surface area contributed by atoms with Crippen LogP contribution in [0.1, 0.15) is 45.4 Å². The summed E-state index contributed by atoms with van der Waals surface area (Å²) in [4.78, 5) is 27.4. The van der Waals surface area contributed by atoms with Gasteiger partial charge in [-0.2, -0.15) is 0 Å². The van der Waals surface area contributed by atoms with Crippen LogP contribution in [0.2, 0.25) is 0 Å². The highest BCUT2D eigenvalue weighted by molar-refractivity contribution is 5.89. The van der Waals surface area contributed by atoms with Gasteiger partial charge in [0.1, 0.15) is 6.20 Å². The van der Waals surface area contributed by atoms with Gasteiger partial charge in [0.05, 0.1) is 0 Å². The van der Waals surface area contributed by atoms with E-state index in [9.17, 15) is 14.9 Å². The fourth-order valence-electron chi connectivity index (χ4n) is 5.70. The van der Waals surface area contributed by atoms with Gasteiger partial charge < -0.3 is 14.9 Å². The average molecular weight is 330 g/mol. The third kappa shape index (κ3) is 2.48. The van der Waals surface area contributed by atoms with Gasteiger partial charge in [-0.15, -0.1) is 0 Å². The Morgan fingerprint density at radius 1 is 1.29 bits per heavy atom. The molecule has 0 radical (unpaired) electrons. The van der Waals surface area contributed by atoms with E-state index in [-0.39, 0.29) is 22.8 Å². The molecule has 6 heteroatoms. The lowest BCUT2D eigenvalue weighted by Gasteiger charge is -2.56. The summed E-state index contributed by atoms with van der Waals surface area (Å²) in [5.41, 5.74) is -0.259. The second kappa shape index (κ2) is 5.53. The van der Waals surface area contributed by atoms with Crippen molar-refractivity contribution in [1.29, 1.82) is 0 Å².